The number of hydrogen-bond acceptors (Lipinski definition) is 5. The number of carbonyl (C=O) groups excluding carboxylic acids is 1. The van der Waals surface area contributed by atoms with Gasteiger partial charge in [0.2, 0.25) is 5.91 Å². The minimum absolute atomic E-state index is 0.0560. The number of hydrogen-bond donors (Lipinski definition) is 2. The van der Waals surface area contributed by atoms with E-state index in [0.29, 0.717) is 19.0 Å². The molecule has 1 amide bonds. The van der Waals surface area contributed by atoms with Gasteiger partial charge in [-0.15, -0.1) is 11.3 Å². The summed E-state index contributed by atoms with van der Waals surface area (Å²) in [4.78, 5) is 42.4. The summed E-state index contributed by atoms with van der Waals surface area (Å²) in [7, 11) is 0. The Labute approximate surface area is 162 Å². The highest BCUT2D eigenvalue weighted by molar-refractivity contribution is 7.10. The Morgan fingerprint density at radius 1 is 1.37 bits per heavy atom. The fourth-order valence-electron chi connectivity index (χ4n) is 2.78. The SMILES string of the molecule is CCCCn1c(N)c(N(CCC(C)C)C(=O)Cc2cccs2)c(=O)[nH]c1=O. The fraction of sp³-hybridized carbons (Fsp3) is 0.526. The molecule has 2 aromatic heterocycles. The predicted molar refractivity (Wildman–Crippen MR) is 110 cm³/mol. The standard InChI is InChI=1S/C19H28N4O3S/c1-4-5-9-23-17(20)16(18(25)21-19(23)26)22(10-8-13(2)3)15(24)12-14-7-6-11-27-14/h6-7,11,13H,4-5,8-10,12,20H2,1-3H3,(H,21,25,26). The Morgan fingerprint density at radius 2 is 2.11 bits per heavy atom. The number of nitrogen functional groups attached to an aromatic ring is 1. The first-order valence-corrected chi connectivity index (χ1v) is 10.2. The number of thiophene rings is 1. The number of aromatic nitrogens is 2. The number of aromatic amines is 1. The van der Waals surface area contributed by atoms with E-state index in [1.807, 2.05) is 24.4 Å². The normalized spacial score (nSPS) is 11.1. The van der Waals surface area contributed by atoms with Crippen LogP contribution in [0.3, 0.4) is 0 Å². The first kappa shape index (κ1) is 21.0. The summed E-state index contributed by atoms with van der Waals surface area (Å²) in [6.07, 6.45) is 2.56. The Balaban J connectivity index is 2.45. The monoisotopic (exact) mass is 392 g/mol. The second-order valence-corrected chi connectivity index (χ2v) is 8.01. The molecule has 0 saturated heterocycles. The van der Waals surface area contributed by atoms with E-state index in [1.54, 1.807) is 0 Å². The van der Waals surface area contributed by atoms with Crippen molar-refractivity contribution in [2.75, 3.05) is 17.2 Å². The zero-order valence-corrected chi connectivity index (χ0v) is 17.0. The molecule has 0 unspecified atom stereocenters. The smallest absolute Gasteiger partial charge is 0.330 e. The molecule has 0 aromatic carbocycles. The molecule has 2 heterocycles. The van der Waals surface area contributed by atoms with Crippen LogP contribution in [0.1, 0.15) is 44.9 Å². The predicted octanol–water partition coefficient (Wildman–Crippen LogP) is 2.60. The topological polar surface area (TPSA) is 101 Å². The van der Waals surface area contributed by atoms with Crippen molar-refractivity contribution in [1.29, 1.82) is 0 Å². The third-order valence-corrected chi connectivity index (χ3v) is 5.23. The van der Waals surface area contributed by atoms with E-state index in [1.165, 1.54) is 20.8 Å². The molecule has 8 heteroatoms. The molecule has 2 rings (SSSR count). The van der Waals surface area contributed by atoms with Crippen molar-refractivity contribution in [3.63, 3.8) is 0 Å². The Hall–Kier alpha value is -2.35. The van der Waals surface area contributed by atoms with E-state index in [0.717, 1.165) is 24.1 Å². The van der Waals surface area contributed by atoms with Crippen LogP contribution in [0, 0.1) is 5.92 Å². The molecule has 0 saturated carbocycles. The quantitative estimate of drug-likeness (QED) is 0.685. The van der Waals surface area contributed by atoms with E-state index >= 15 is 0 Å². The molecule has 7 nitrogen and oxygen atoms in total. The van der Waals surface area contributed by atoms with E-state index in [4.69, 9.17) is 5.73 Å². The second kappa shape index (κ2) is 9.55. The largest absolute Gasteiger partial charge is 0.383 e. The van der Waals surface area contributed by atoms with Crippen LogP contribution in [0.5, 0.6) is 0 Å². The molecule has 0 aliphatic heterocycles. The van der Waals surface area contributed by atoms with Gasteiger partial charge < -0.3 is 10.6 Å². The Bertz CT molecular complexity index is 868. The minimum Gasteiger partial charge on any atom is -0.383 e. The molecule has 0 fully saturated rings. The third-order valence-electron chi connectivity index (χ3n) is 4.36. The lowest BCUT2D eigenvalue weighted by Gasteiger charge is -2.25. The second-order valence-electron chi connectivity index (χ2n) is 6.98. The van der Waals surface area contributed by atoms with Crippen LogP contribution in [0.25, 0.3) is 0 Å². The number of rotatable bonds is 9. The van der Waals surface area contributed by atoms with Gasteiger partial charge in [-0.25, -0.2) is 4.79 Å². The van der Waals surface area contributed by atoms with Crippen LogP contribution in [-0.4, -0.2) is 22.0 Å². The van der Waals surface area contributed by atoms with Gasteiger partial charge >= 0.3 is 5.69 Å². The van der Waals surface area contributed by atoms with Gasteiger partial charge in [0, 0.05) is 18.0 Å². The average Bonchev–Trinajstić information content (AvgIpc) is 3.10. The van der Waals surface area contributed by atoms with E-state index < -0.39 is 11.2 Å². The zero-order chi connectivity index (χ0) is 20.0. The molecule has 0 aliphatic carbocycles. The van der Waals surface area contributed by atoms with Gasteiger partial charge in [-0.05, 0) is 30.2 Å². The van der Waals surface area contributed by atoms with Crippen LogP contribution in [0.2, 0.25) is 0 Å². The van der Waals surface area contributed by atoms with Crippen LogP contribution >= 0.6 is 11.3 Å². The molecule has 27 heavy (non-hydrogen) atoms. The average molecular weight is 393 g/mol. The lowest BCUT2D eigenvalue weighted by molar-refractivity contribution is -0.118. The van der Waals surface area contributed by atoms with Gasteiger partial charge in [0.05, 0.1) is 6.42 Å². The molecule has 0 bridgehead atoms. The highest BCUT2D eigenvalue weighted by atomic mass is 32.1. The molecule has 2 aromatic rings. The molecule has 0 aliphatic rings. The summed E-state index contributed by atoms with van der Waals surface area (Å²) < 4.78 is 1.35. The van der Waals surface area contributed by atoms with Crippen molar-refractivity contribution in [1.82, 2.24) is 9.55 Å². The third kappa shape index (κ3) is 5.32. The highest BCUT2D eigenvalue weighted by Gasteiger charge is 2.24. The molecular formula is C19H28N4O3S. The maximum Gasteiger partial charge on any atom is 0.330 e. The molecular weight excluding hydrogens is 364 g/mol. The van der Waals surface area contributed by atoms with Gasteiger partial charge in [0.25, 0.3) is 5.56 Å². The van der Waals surface area contributed by atoms with Crippen molar-refractivity contribution in [3.8, 4) is 0 Å². The summed E-state index contributed by atoms with van der Waals surface area (Å²) in [5.41, 5.74) is 5.12. The van der Waals surface area contributed by atoms with Crippen LogP contribution < -0.4 is 21.9 Å². The molecule has 0 spiro atoms. The summed E-state index contributed by atoms with van der Waals surface area (Å²) in [6, 6.07) is 3.77. The number of carbonyl (C=O) groups is 1. The number of nitrogens with two attached hydrogens (primary N) is 1. The molecule has 0 atom stereocenters. The van der Waals surface area contributed by atoms with E-state index in [2.05, 4.69) is 18.8 Å². The summed E-state index contributed by atoms with van der Waals surface area (Å²) in [5.74, 6) is 0.213. The highest BCUT2D eigenvalue weighted by Crippen LogP contribution is 2.21. The molecule has 0 radical (unpaired) electrons. The Morgan fingerprint density at radius 3 is 2.70 bits per heavy atom. The van der Waals surface area contributed by atoms with Gasteiger partial charge in [-0.1, -0.05) is 33.3 Å². The summed E-state index contributed by atoms with van der Waals surface area (Å²) in [5, 5.41) is 1.91. The van der Waals surface area contributed by atoms with Crippen molar-refractivity contribution in [3.05, 3.63) is 43.2 Å². The number of H-pyrrole nitrogens is 1. The van der Waals surface area contributed by atoms with Crippen molar-refractivity contribution in [2.45, 2.75) is 53.0 Å². The number of anilines is 2. The molecule has 3 N–H and O–H groups in total. The van der Waals surface area contributed by atoms with E-state index in [-0.39, 0.29) is 23.8 Å². The fourth-order valence-corrected chi connectivity index (χ4v) is 3.48. The zero-order valence-electron chi connectivity index (χ0n) is 16.2. The minimum atomic E-state index is -0.617. The van der Waals surface area contributed by atoms with Crippen molar-refractivity contribution in [2.24, 2.45) is 5.92 Å². The summed E-state index contributed by atoms with van der Waals surface area (Å²) >= 11 is 1.49. The van der Waals surface area contributed by atoms with Gasteiger partial charge in [-0.2, -0.15) is 0 Å². The first-order valence-electron chi connectivity index (χ1n) is 9.30. The van der Waals surface area contributed by atoms with Gasteiger partial charge in [-0.3, -0.25) is 19.1 Å². The van der Waals surface area contributed by atoms with Crippen molar-refractivity contribution >= 4 is 28.7 Å². The van der Waals surface area contributed by atoms with Crippen LogP contribution in [0.15, 0.2) is 27.1 Å². The number of amides is 1. The lowest BCUT2D eigenvalue weighted by Crippen LogP contribution is -2.42. The van der Waals surface area contributed by atoms with Crippen LogP contribution in [0.4, 0.5) is 11.5 Å². The maximum atomic E-state index is 13.0. The first-order chi connectivity index (χ1) is 12.8. The maximum absolute atomic E-state index is 13.0. The summed E-state index contributed by atoms with van der Waals surface area (Å²) in [6.45, 7) is 6.89. The lowest BCUT2D eigenvalue weighted by atomic mass is 10.1. The number of nitrogens with zero attached hydrogens (tertiary/aromatic N) is 2. The van der Waals surface area contributed by atoms with Crippen LogP contribution in [-0.2, 0) is 17.8 Å². The van der Waals surface area contributed by atoms with Gasteiger partial charge in [0.15, 0.2) is 5.69 Å². The molecule has 148 valence electrons. The number of nitrogens with one attached hydrogen (secondary N) is 1. The van der Waals surface area contributed by atoms with E-state index in [9.17, 15) is 14.4 Å². The van der Waals surface area contributed by atoms with Gasteiger partial charge in [0.1, 0.15) is 5.82 Å². The van der Waals surface area contributed by atoms with Crippen molar-refractivity contribution < 1.29 is 4.79 Å². The Kier molecular flexibility index (Phi) is 7.41. The number of unbranched alkanes of at least 4 members (excludes halogenated alkanes) is 1.